The van der Waals surface area contributed by atoms with Gasteiger partial charge in [0.1, 0.15) is 12.6 Å². The van der Waals surface area contributed by atoms with Gasteiger partial charge in [0.15, 0.2) is 5.82 Å². The van der Waals surface area contributed by atoms with Crippen molar-refractivity contribution in [3.8, 4) is 5.75 Å². The highest BCUT2D eigenvalue weighted by Crippen LogP contribution is 2.29. The van der Waals surface area contributed by atoms with Crippen LogP contribution in [-0.2, 0) is 9.53 Å². The minimum atomic E-state index is -1.14. The van der Waals surface area contributed by atoms with Gasteiger partial charge in [-0.3, -0.25) is 14.9 Å². The number of nitro groups is 1. The number of carbonyl (C=O) groups is 1. The zero-order valence-corrected chi connectivity index (χ0v) is 9.46. The first kappa shape index (κ1) is 13.8. The standard InChI is InChI=1S/C10H11FN2O5/c1-17-10(14)7(12)5-18-9-6(11)3-2-4-8(9)13(15)16/h2-4,7H,5,12H2,1H3. The molecule has 0 fully saturated rings. The van der Waals surface area contributed by atoms with Crippen molar-refractivity contribution in [1.29, 1.82) is 0 Å². The summed E-state index contributed by atoms with van der Waals surface area (Å²) in [7, 11) is 1.13. The Balaban J connectivity index is 2.84. The van der Waals surface area contributed by atoms with Gasteiger partial charge in [-0.15, -0.1) is 0 Å². The molecule has 1 atom stereocenters. The minimum Gasteiger partial charge on any atom is -0.482 e. The molecule has 18 heavy (non-hydrogen) atoms. The first-order valence-electron chi connectivity index (χ1n) is 4.86. The van der Waals surface area contributed by atoms with Crippen LogP contribution in [0.4, 0.5) is 10.1 Å². The largest absolute Gasteiger partial charge is 0.482 e. The molecule has 0 heterocycles. The van der Waals surface area contributed by atoms with Crippen LogP contribution in [0.3, 0.4) is 0 Å². The maximum atomic E-state index is 13.4. The summed E-state index contributed by atoms with van der Waals surface area (Å²) in [6.45, 7) is -0.422. The summed E-state index contributed by atoms with van der Waals surface area (Å²) in [4.78, 5) is 20.8. The van der Waals surface area contributed by atoms with E-state index in [-0.39, 0.29) is 0 Å². The van der Waals surface area contributed by atoms with Gasteiger partial charge in [-0.05, 0) is 6.07 Å². The lowest BCUT2D eigenvalue weighted by molar-refractivity contribution is -0.386. The van der Waals surface area contributed by atoms with Crippen molar-refractivity contribution in [2.75, 3.05) is 13.7 Å². The fourth-order valence-electron chi connectivity index (χ4n) is 1.18. The molecule has 0 aliphatic heterocycles. The van der Waals surface area contributed by atoms with Crippen LogP contribution in [0.15, 0.2) is 18.2 Å². The summed E-state index contributed by atoms with van der Waals surface area (Å²) in [5.41, 5.74) is 4.82. The van der Waals surface area contributed by atoms with E-state index in [1.807, 2.05) is 0 Å². The molecule has 0 aliphatic carbocycles. The maximum absolute atomic E-state index is 13.4. The molecular formula is C10H11FN2O5. The second-order valence-corrected chi connectivity index (χ2v) is 3.29. The smallest absolute Gasteiger partial charge is 0.326 e. The Kier molecular flexibility index (Phi) is 4.55. The fourth-order valence-corrected chi connectivity index (χ4v) is 1.18. The predicted octanol–water partition coefficient (Wildman–Crippen LogP) is 0.613. The number of nitrogens with zero attached hydrogens (tertiary/aromatic N) is 1. The van der Waals surface area contributed by atoms with Crippen LogP contribution >= 0.6 is 0 Å². The summed E-state index contributed by atoms with van der Waals surface area (Å²) in [6.07, 6.45) is 0. The van der Waals surface area contributed by atoms with Crippen LogP contribution in [0, 0.1) is 15.9 Å². The Morgan fingerprint density at radius 1 is 1.61 bits per heavy atom. The van der Waals surface area contributed by atoms with Crippen molar-refractivity contribution in [3.63, 3.8) is 0 Å². The van der Waals surface area contributed by atoms with E-state index in [4.69, 9.17) is 10.5 Å². The number of carbonyl (C=O) groups excluding carboxylic acids is 1. The van der Waals surface area contributed by atoms with E-state index in [1.54, 1.807) is 0 Å². The van der Waals surface area contributed by atoms with Crippen molar-refractivity contribution >= 4 is 11.7 Å². The highest BCUT2D eigenvalue weighted by atomic mass is 19.1. The van der Waals surface area contributed by atoms with E-state index in [9.17, 15) is 19.3 Å². The van der Waals surface area contributed by atoms with Crippen molar-refractivity contribution < 1.29 is 23.6 Å². The number of para-hydroxylation sites is 1. The molecule has 1 aromatic carbocycles. The van der Waals surface area contributed by atoms with Gasteiger partial charge >= 0.3 is 11.7 Å². The number of esters is 1. The van der Waals surface area contributed by atoms with E-state index in [0.29, 0.717) is 0 Å². The van der Waals surface area contributed by atoms with E-state index >= 15 is 0 Å². The minimum absolute atomic E-state index is 0.422. The quantitative estimate of drug-likeness (QED) is 0.471. The zero-order valence-electron chi connectivity index (χ0n) is 9.46. The number of rotatable bonds is 5. The molecular weight excluding hydrogens is 247 g/mol. The van der Waals surface area contributed by atoms with E-state index in [2.05, 4.69) is 4.74 Å². The second kappa shape index (κ2) is 5.92. The molecule has 8 heteroatoms. The third-order valence-corrected chi connectivity index (χ3v) is 2.05. The fraction of sp³-hybridized carbons (Fsp3) is 0.300. The van der Waals surface area contributed by atoms with Gasteiger partial charge in [-0.25, -0.2) is 4.39 Å². The summed E-state index contributed by atoms with van der Waals surface area (Å²) >= 11 is 0. The number of nitro benzene ring substituents is 1. The Bertz CT molecular complexity index is 466. The molecule has 2 N–H and O–H groups in total. The molecule has 0 saturated carbocycles. The normalized spacial score (nSPS) is 11.7. The lowest BCUT2D eigenvalue weighted by Gasteiger charge is -2.11. The molecule has 0 bridgehead atoms. The SMILES string of the molecule is COC(=O)C(N)COc1c(F)cccc1[N+](=O)[O-]. The Labute approximate surface area is 101 Å². The topological polar surface area (TPSA) is 105 Å². The van der Waals surface area contributed by atoms with Crippen LogP contribution < -0.4 is 10.5 Å². The molecule has 1 aromatic rings. The summed E-state index contributed by atoms with van der Waals surface area (Å²) in [5, 5.41) is 10.6. The molecule has 0 aliphatic rings. The highest BCUT2D eigenvalue weighted by molar-refractivity contribution is 5.75. The Morgan fingerprint density at radius 3 is 2.83 bits per heavy atom. The number of nitrogens with two attached hydrogens (primary N) is 1. The van der Waals surface area contributed by atoms with E-state index < -0.39 is 40.8 Å². The van der Waals surface area contributed by atoms with Gasteiger partial charge < -0.3 is 15.2 Å². The molecule has 98 valence electrons. The average Bonchev–Trinajstić information content (AvgIpc) is 2.35. The van der Waals surface area contributed by atoms with E-state index in [1.165, 1.54) is 6.07 Å². The Morgan fingerprint density at radius 2 is 2.28 bits per heavy atom. The van der Waals surface area contributed by atoms with Gasteiger partial charge in [0, 0.05) is 6.07 Å². The van der Waals surface area contributed by atoms with Crippen molar-refractivity contribution in [3.05, 3.63) is 34.1 Å². The Hall–Kier alpha value is -2.22. The molecule has 0 saturated heterocycles. The lowest BCUT2D eigenvalue weighted by Crippen LogP contribution is -2.37. The molecule has 0 amide bonds. The second-order valence-electron chi connectivity index (χ2n) is 3.29. The summed E-state index contributed by atoms with van der Waals surface area (Å²) in [6, 6.07) is 2.13. The first-order valence-corrected chi connectivity index (χ1v) is 4.86. The van der Waals surface area contributed by atoms with Crippen molar-refractivity contribution in [1.82, 2.24) is 0 Å². The number of methoxy groups -OCH3 is 1. The third kappa shape index (κ3) is 3.14. The number of hydrogen-bond donors (Lipinski definition) is 1. The number of halogens is 1. The van der Waals surface area contributed by atoms with E-state index in [0.717, 1.165) is 19.2 Å². The molecule has 0 radical (unpaired) electrons. The summed E-state index contributed by atoms with van der Waals surface area (Å²) < 4.78 is 22.6. The molecule has 1 rings (SSSR count). The highest BCUT2D eigenvalue weighted by Gasteiger charge is 2.22. The van der Waals surface area contributed by atoms with Crippen LogP contribution in [0.2, 0.25) is 0 Å². The van der Waals surface area contributed by atoms with Gasteiger partial charge in [-0.1, -0.05) is 6.07 Å². The lowest BCUT2D eigenvalue weighted by atomic mass is 10.3. The molecule has 0 aromatic heterocycles. The van der Waals surface area contributed by atoms with Gasteiger partial charge in [0.25, 0.3) is 0 Å². The number of ether oxygens (including phenoxy) is 2. The van der Waals surface area contributed by atoms with Crippen LogP contribution in [0.1, 0.15) is 0 Å². The van der Waals surface area contributed by atoms with Crippen molar-refractivity contribution in [2.24, 2.45) is 5.73 Å². The van der Waals surface area contributed by atoms with Crippen LogP contribution in [0.5, 0.6) is 5.75 Å². The maximum Gasteiger partial charge on any atom is 0.326 e. The van der Waals surface area contributed by atoms with Gasteiger partial charge in [0.2, 0.25) is 5.75 Å². The van der Waals surface area contributed by atoms with Crippen LogP contribution in [-0.4, -0.2) is 30.7 Å². The number of benzene rings is 1. The van der Waals surface area contributed by atoms with Crippen molar-refractivity contribution in [2.45, 2.75) is 6.04 Å². The predicted molar refractivity (Wildman–Crippen MR) is 58.5 cm³/mol. The summed E-state index contributed by atoms with van der Waals surface area (Å²) in [5.74, 6) is -2.21. The van der Waals surface area contributed by atoms with Gasteiger partial charge in [-0.2, -0.15) is 0 Å². The third-order valence-electron chi connectivity index (χ3n) is 2.05. The average molecular weight is 258 g/mol. The monoisotopic (exact) mass is 258 g/mol. The van der Waals surface area contributed by atoms with Crippen LogP contribution in [0.25, 0.3) is 0 Å². The molecule has 1 unspecified atom stereocenters. The zero-order chi connectivity index (χ0) is 13.7. The molecule has 7 nitrogen and oxygen atoms in total. The first-order chi connectivity index (χ1) is 8.47. The number of hydrogen-bond acceptors (Lipinski definition) is 6. The van der Waals surface area contributed by atoms with Gasteiger partial charge in [0.05, 0.1) is 12.0 Å². The molecule has 0 spiro atoms.